The van der Waals surface area contributed by atoms with E-state index in [0.29, 0.717) is 12.3 Å². The molecule has 0 amide bonds. The molecule has 0 radical (unpaired) electrons. The molecule has 0 saturated heterocycles. The average molecular weight is 461 g/mol. The first-order valence-corrected chi connectivity index (χ1v) is 8.51. The van der Waals surface area contributed by atoms with Crippen LogP contribution in [0.1, 0.15) is 31.2 Å². The van der Waals surface area contributed by atoms with E-state index in [-0.39, 0.29) is 29.7 Å². The van der Waals surface area contributed by atoms with Crippen LogP contribution >= 0.6 is 24.0 Å². The number of nitrogens with one attached hydrogen (secondary N) is 1. The number of benzene rings is 1. The van der Waals surface area contributed by atoms with Crippen LogP contribution in [0.25, 0.3) is 0 Å². The number of aliphatic imine (C=N–C) groups is 1. The fourth-order valence-electron chi connectivity index (χ4n) is 2.50. The number of allylic oxidation sites excluding steroid dienone is 1. The Morgan fingerprint density at radius 2 is 2.12 bits per heavy atom. The Balaban J connectivity index is 0.00000576. The number of phenolic OH excluding ortho intramolecular Hbond substituents is 1. The molecule has 0 fully saturated rings. The minimum atomic E-state index is 0. The zero-order chi connectivity index (χ0) is 17.8. The quantitative estimate of drug-likeness (QED) is 0.183. The summed E-state index contributed by atoms with van der Waals surface area (Å²) >= 11 is 0. The van der Waals surface area contributed by atoms with Crippen LogP contribution in [0.3, 0.4) is 0 Å². The van der Waals surface area contributed by atoms with Crippen molar-refractivity contribution in [3.8, 4) is 11.5 Å². The number of rotatable bonds is 10. The van der Waals surface area contributed by atoms with E-state index in [1.807, 2.05) is 25.3 Å². The summed E-state index contributed by atoms with van der Waals surface area (Å²) in [6, 6.07) is 5.39. The molecule has 0 bridgehead atoms. The first-order valence-electron chi connectivity index (χ1n) is 8.51. The molecule has 0 atom stereocenters. The highest BCUT2D eigenvalue weighted by Gasteiger charge is 2.07. The van der Waals surface area contributed by atoms with Crippen LogP contribution in [-0.4, -0.2) is 50.3 Å². The summed E-state index contributed by atoms with van der Waals surface area (Å²) in [5.41, 5.74) is 0.894. The molecule has 0 unspecified atom stereocenters. The molecule has 6 heteroatoms. The topological polar surface area (TPSA) is 57.1 Å². The lowest BCUT2D eigenvalue weighted by molar-refractivity contribution is 0.406. The predicted octanol–water partition coefficient (Wildman–Crippen LogP) is 3.81. The van der Waals surface area contributed by atoms with Crippen molar-refractivity contribution >= 4 is 29.9 Å². The second-order valence-corrected chi connectivity index (χ2v) is 5.78. The fraction of sp³-hybridized carbons (Fsp3) is 0.526. The summed E-state index contributed by atoms with van der Waals surface area (Å²) in [4.78, 5) is 6.46. The van der Waals surface area contributed by atoms with Crippen molar-refractivity contribution in [1.82, 2.24) is 10.2 Å². The van der Waals surface area contributed by atoms with E-state index in [0.717, 1.165) is 37.3 Å². The molecule has 0 aliphatic heterocycles. The van der Waals surface area contributed by atoms with Gasteiger partial charge in [-0.3, -0.25) is 4.99 Å². The minimum Gasteiger partial charge on any atom is -0.508 e. The molecular formula is C19H32IN3O2. The summed E-state index contributed by atoms with van der Waals surface area (Å²) in [6.07, 6.45) is 7.32. The summed E-state index contributed by atoms with van der Waals surface area (Å²) in [5.74, 6) is 1.81. The molecule has 0 heterocycles. The Labute approximate surface area is 169 Å². The third kappa shape index (κ3) is 9.00. The van der Waals surface area contributed by atoms with Gasteiger partial charge in [-0.15, -0.1) is 30.6 Å². The highest BCUT2D eigenvalue weighted by molar-refractivity contribution is 14.0. The number of aromatic hydroxyl groups is 1. The summed E-state index contributed by atoms with van der Waals surface area (Å²) in [6.45, 7) is 5.44. The molecule has 1 rings (SSSR count). The van der Waals surface area contributed by atoms with Gasteiger partial charge in [0.1, 0.15) is 11.5 Å². The van der Waals surface area contributed by atoms with Crippen LogP contribution < -0.4 is 10.1 Å². The average Bonchev–Trinajstić information content (AvgIpc) is 2.59. The predicted molar refractivity (Wildman–Crippen MR) is 116 cm³/mol. The maximum absolute atomic E-state index is 9.99. The van der Waals surface area contributed by atoms with Gasteiger partial charge in [0.15, 0.2) is 5.96 Å². The standard InChI is InChI=1S/C19H31N3O2.HI/c1-5-6-7-8-9-14-22(3)19(20-2)21-13-12-16-10-11-17(24-4)15-18(16)23;/h5,10-11,15,23H,1,6-9,12-14H2,2-4H3,(H,20,21);1H. The van der Waals surface area contributed by atoms with Crippen LogP contribution in [0.15, 0.2) is 35.8 Å². The molecule has 0 aliphatic carbocycles. The number of nitrogens with zero attached hydrogens (tertiary/aromatic N) is 2. The van der Waals surface area contributed by atoms with E-state index in [9.17, 15) is 5.11 Å². The molecular weight excluding hydrogens is 429 g/mol. The summed E-state index contributed by atoms with van der Waals surface area (Å²) in [7, 11) is 5.43. The number of hydrogen-bond acceptors (Lipinski definition) is 3. The number of methoxy groups -OCH3 is 1. The Hall–Kier alpha value is -1.44. The lowest BCUT2D eigenvalue weighted by Crippen LogP contribution is -2.40. The van der Waals surface area contributed by atoms with Gasteiger partial charge >= 0.3 is 0 Å². The van der Waals surface area contributed by atoms with Gasteiger partial charge in [0.25, 0.3) is 0 Å². The van der Waals surface area contributed by atoms with Crippen molar-refractivity contribution in [2.45, 2.75) is 32.1 Å². The first-order chi connectivity index (χ1) is 11.6. The lowest BCUT2D eigenvalue weighted by Gasteiger charge is -2.22. The zero-order valence-corrected chi connectivity index (χ0v) is 18.0. The van der Waals surface area contributed by atoms with Crippen LogP contribution in [0, 0.1) is 0 Å². The minimum absolute atomic E-state index is 0. The first kappa shape index (κ1) is 23.6. The Kier molecular flexibility index (Phi) is 13.0. The Bertz CT molecular complexity index is 535. The van der Waals surface area contributed by atoms with Crippen molar-refractivity contribution < 1.29 is 9.84 Å². The molecule has 1 aromatic rings. The van der Waals surface area contributed by atoms with Crippen molar-refractivity contribution in [3.63, 3.8) is 0 Å². The van der Waals surface area contributed by atoms with Gasteiger partial charge < -0.3 is 20.1 Å². The van der Waals surface area contributed by atoms with Gasteiger partial charge in [-0.1, -0.05) is 18.6 Å². The maximum atomic E-state index is 9.99. The maximum Gasteiger partial charge on any atom is 0.193 e. The fourth-order valence-corrected chi connectivity index (χ4v) is 2.50. The Morgan fingerprint density at radius 1 is 1.36 bits per heavy atom. The molecule has 1 aromatic carbocycles. The van der Waals surface area contributed by atoms with E-state index >= 15 is 0 Å². The van der Waals surface area contributed by atoms with Crippen LogP contribution in [-0.2, 0) is 6.42 Å². The molecule has 25 heavy (non-hydrogen) atoms. The smallest absolute Gasteiger partial charge is 0.193 e. The third-order valence-corrected chi connectivity index (χ3v) is 3.95. The van der Waals surface area contributed by atoms with Crippen molar-refractivity contribution in [1.29, 1.82) is 0 Å². The van der Waals surface area contributed by atoms with E-state index in [1.54, 1.807) is 20.2 Å². The molecule has 0 aromatic heterocycles. The van der Waals surface area contributed by atoms with Gasteiger partial charge in [-0.25, -0.2) is 0 Å². The van der Waals surface area contributed by atoms with E-state index in [4.69, 9.17) is 4.74 Å². The molecule has 142 valence electrons. The van der Waals surface area contributed by atoms with E-state index in [1.165, 1.54) is 12.8 Å². The Morgan fingerprint density at radius 3 is 2.72 bits per heavy atom. The monoisotopic (exact) mass is 461 g/mol. The molecule has 2 N–H and O–H groups in total. The van der Waals surface area contributed by atoms with Gasteiger partial charge in [-0.2, -0.15) is 0 Å². The SMILES string of the molecule is C=CCCCCCN(C)C(=NC)NCCc1ccc(OC)cc1O.I. The molecule has 0 spiro atoms. The van der Waals surface area contributed by atoms with Crippen molar-refractivity contribution in [2.24, 2.45) is 4.99 Å². The van der Waals surface area contributed by atoms with Gasteiger partial charge in [0.05, 0.1) is 7.11 Å². The van der Waals surface area contributed by atoms with E-state index < -0.39 is 0 Å². The van der Waals surface area contributed by atoms with Gasteiger partial charge in [-0.05, 0) is 37.3 Å². The number of halogens is 1. The van der Waals surface area contributed by atoms with Gasteiger partial charge in [0.2, 0.25) is 0 Å². The molecule has 5 nitrogen and oxygen atoms in total. The van der Waals surface area contributed by atoms with Crippen molar-refractivity contribution in [3.05, 3.63) is 36.4 Å². The normalized spacial score (nSPS) is 10.8. The number of phenols is 1. The summed E-state index contributed by atoms with van der Waals surface area (Å²) in [5, 5.41) is 13.3. The largest absolute Gasteiger partial charge is 0.508 e. The third-order valence-electron chi connectivity index (χ3n) is 3.95. The number of guanidine groups is 1. The second-order valence-electron chi connectivity index (χ2n) is 5.78. The molecule has 0 aliphatic rings. The highest BCUT2D eigenvalue weighted by Crippen LogP contribution is 2.23. The summed E-state index contributed by atoms with van der Waals surface area (Å²) < 4.78 is 5.10. The van der Waals surface area contributed by atoms with Crippen molar-refractivity contribution in [2.75, 3.05) is 34.3 Å². The number of ether oxygens (including phenoxy) is 1. The van der Waals surface area contributed by atoms with E-state index in [2.05, 4.69) is 21.8 Å². The second kappa shape index (κ2) is 13.8. The van der Waals surface area contributed by atoms with Crippen LogP contribution in [0.2, 0.25) is 0 Å². The molecule has 0 saturated carbocycles. The zero-order valence-electron chi connectivity index (χ0n) is 15.6. The number of hydrogen-bond donors (Lipinski definition) is 2. The number of unbranched alkanes of at least 4 members (excludes halogenated alkanes) is 3. The van der Waals surface area contributed by atoms with Crippen LogP contribution in [0.4, 0.5) is 0 Å². The highest BCUT2D eigenvalue weighted by atomic mass is 127. The lowest BCUT2D eigenvalue weighted by atomic mass is 10.1. The van der Waals surface area contributed by atoms with Gasteiger partial charge in [0, 0.05) is 33.3 Å². The van der Waals surface area contributed by atoms with Crippen LogP contribution in [0.5, 0.6) is 11.5 Å².